The summed E-state index contributed by atoms with van der Waals surface area (Å²) in [5, 5.41) is 3.48. The first-order valence-corrected chi connectivity index (χ1v) is 7.64. The van der Waals surface area contributed by atoms with Gasteiger partial charge in [-0.1, -0.05) is 38.1 Å². The van der Waals surface area contributed by atoms with Crippen LogP contribution in [0, 0.1) is 5.92 Å². The van der Waals surface area contributed by atoms with Crippen LogP contribution >= 0.6 is 0 Å². The lowest BCUT2D eigenvalue weighted by Gasteiger charge is -2.27. The van der Waals surface area contributed by atoms with Crippen molar-refractivity contribution < 1.29 is 0 Å². The second kappa shape index (κ2) is 6.53. The van der Waals surface area contributed by atoms with Crippen LogP contribution < -0.4 is 5.32 Å². The van der Waals surface area contributed by atoms with E-state index in [0.717, 1.165) is 24.9 Å². The van der Waals surface area contributed by atoms with Crippen LogP contribution in [0.3, 0.4) is 0 Å². The quantitative estimate of drug-likeness (QED) is 0.874. The fourth-order valence-electron chi connectivity index (χ4n) is 3.22. The lowest BCUT2D eigenvalue weighted by Crippen LogP contribution is -2.36. The van der Waals surface area contributed by atoms with E-state index in [0.29, 0.717) is 6.04 Å². The summed E-state index contributed by atoms with van der Waals surface area (Å²) in [6.07, 6.45) is 2.45. The van der Waals surface area contributed by atoms with Crippen molar-refractivity contribution in [2.24, 2.45) is 5.92 Å². The van der Waals surface area contributed by atoms with Gasteiger partial charge in [-0.3, -0.25) is 4.90 Å². The summed E-state index contributed by atoms with van der Waals surface area (Å²) in [6, 6.07) is 10.2. The van der Waals surface area contributed by atoms with Crippen molar-refractivity contribution in [3.8, 4) is 0 Å². The molecule has 0 aromatic heterocycles. The second-order valence-corrected chi connectivity index (χ2v) is 6.08. The molecule has 1 aliphatic rings. The van der Waals surface area contributed by atoms with E-state index < -0.39 is 0 Å². The van der Waals surface area contributed by atoms with Crippen molar-refractivity contribution in [1.82, 2.24) is 10.2 Å². The molecule has 0 bridgehead atoms. The summed E-state index contributed by atoms with van der Waals surface area (Å²) >= 11 is 0. The fraction of sp³-hybridized carbons (Fsp3) is 0.647. The monoisotopic (exact) mass is 260 g/mol. The van der Waals surface area contributed by atoms with Crippen molar-refractivity contribution in [2.75, 3.05) is 20.1 Å². The molecule has 1 aromatic carbocycles. The van der Waals surface area contributed by atoms with Gasteiger partial charge in [0.15, 0.2) is 0 Å². The average Bonchev–Trinajstić information content (AvgIpc) is 2.74. The predicted molar refractivity (Wildman–Crippen MR) is 82.4 cm³/mol. The summed E-state index contributed by atoms with van der Waals surface area (Å²) in [5.41, 5.74) is 2.83. The van der Waals surface area contributed by atoms with Crippen LogP contribution in [0.4, 0.5) is 0 Å². The van der Waals surface area contributed by atoms with Gasteiger partial charge in [0.2, 0.25) is 0 Å². The number of benzene rings is 1. The van der Waals surface area contributed by atoms with Gasteiger partial charge in [-0.05, 0) is 43.9 Å². The Labute approximate surface area is 118 Å². The number of aryl methyl sites for hydroxylation is 1. The zero-order valence-corrected chi connectivity index (χ0v) is 12.8. The Bertz CT molecular complexity index is 385. The Morgan fingerprint density at radius 3 is 2.42 bits per heavy atom. The van der Waals surface area contributed by atoms with Crippen molar-refractivity contribution in [3.05, 3.63) is 35.4 Å². The van der Waals surface area contributed by atoms with Gasteiger partial charge < -0.3 is 5.32 Å². The van der Waals surface area contributed by atoms with Gasteiger partial charge >= 0.3 is 0 Å². The number of nitrogens with zero attached hydrogens (tertiary/aromatic N) is 1. The van der Waals surface area contributed by atoms with Crippen LogP contribution in [0.1, 0.15) is 44.4 Å². The average molecular weight is 260 g/mol. The maximum atomic E-state index is 3.48. The molecule has 2 rings (SSSR count). The zero-order chi connectivity index (χ0) is 13.8. The molecule has 1 N–H and O–H groups in total. The molecule has 1 fully saturated rings. The molecule has 2 heteroatoms. The van der Waals surface area contributed by atoms with Crippen LogP contribution in [-0.4, -0.2) is 31.1 Å². The Morgan fingerprint density at radius 2 is 1.95 bits per heavy atom. The maximum Gasteiger partial charge on any atom is 0.0446 e. The van der Waals surface area contributed by atoms with Gasteiger partial charge in [-0.2, -0.15) is 0 Å². The minimum absolute atomic E-state index is 0.443. The third-order valence-corrected chi connectivity index (χ3v) is 4.47. The van der Waals surface area contributed by atoms with Crippen LogP contribution in [-0.2, 0) is 6.42 Å². The lowest BCUT2D eigenvalue weighted by atomic mass is 10.0. The molecule has 1 heterocycles. The Hall–Kier alpha value is -0.860. The smallest absolute Gasteiger partial charge is 0.0446 e. The second-order valence-electron chi connectivity index (χ2n) is 6.08. The van der Waals surface area contributed by atoms with Gasteiger partial charge in [0, 0.05) is 25.2 Å². The molecule has 3 unspecified atom stereocenters. The maximum absolute atomic E-state index is 3.48. The molecule has 0 spiro atoms. The number of likely N-dealkylation sites (N-methyl/N-ethyl adjacent to an activating group) is 1. The Kier molecular flexibility index (Phi) is 5.00. The standard InChI is InChI=1S/C17H28N2/c1-5-15-6-8-16(9-7-15)17(18-4)12-19-11-13(2)10-14(19)3/h6-9,13-14,17-18H,5,10-12H2,1-4H3. The van der Waals surface area contributed by atoms with Crippen LogP contribution in [0.25, 0.3) is 0 Å². The van der Waals surface area contributed by atoms with Crippen molar-refractivity contribution in [2.45, 2.75) is 45.7 Å². The van der Waals surface area contributed by atoms with E-state index >= 15 is 0 Å². The Balaban J connectivity index is 2.03. The third kappa shape index (κ3) is 3.58. The van der Waals surface area contributed by atoms with E-state index in [9.17, 15) is 0 Å². The predicted octanol–water partition coefficient (Wildman–Crippen LogP) is 3.24. The molecule has 19 heavy (non-hydrogen) atoms. The normalized spacial score (nSPS) is 25.7. The topological polar surface area (TPSA) is 15.3 Å². The van der Waals surface area contributed by atoms with Crippen molar-refractivity contribution in [3.63, 3.8) is 0 Å². The summed E-state index contributed by atoms with van der Waals surface area (Å²) in [7, 11) is 2.07. The van der Waals surface area contributed by atoms with Gasteiger partial charge in [0.05, 0.1) is 0 Å². The highest BCUT2D eigenvalue weighted by Crippen LogP contribution is 2.25. The molecular formula is C17H28N2. The molecule has 0 amide bonds. The first-order valence-electron chi connectivity index (χ1n) is 7.64. The minimum Gasteiger partial charge on any atom is -0.312 e. The van der Waals surface area contributed by atoms with Crippen molar-refractivity contribution >= 4 is 0 Å². The van der Waals surface area contributed by atoms with E-state index in [1.165, 1.54) is 24.1 Å². The molecule has 1 aliphatic heterocycles. The molecule has 0 radical (unpaired) electrons. The highest BCUT2D eigenvalue weighted by atomic mass is 15.2. The molecular weight excluding hydrogens is 232 g/mol. The largest absolute Gasteiger partial charge is 0.312 e. The summed E-state index contributed by atoms with van der Waals surface area (Å²) in [4.78, 5) is 2.62. The number of rotatable bonds is 5. The minimum atomic E-state index is 0.443. The van der Waals surface area contributed by atoms with Gasteiger partial charge in [-0.25, -0.2) is 0 Å². The van der Waals surface area contributed by atoms with E-state index in [4.69, 9.17) is 0 Å². The lowest BCUT2D eigenvalue weighted by molar-refractivity contribution is 0.238. The molecule has 0 saturated carbocycles. The summed E-state index contributed by atoms with van der Waals surface area (Å²) < 4.78 is 0. The number of hydrogen-bond acceptors (Lipinski definition) is 2. The molecule has 3 atom stereocenters. The van der Waals surface area contributed by atoms with Crippen LogP contribution in [0.15, 0.2) is 24.3 Å². The molecule has 0 aliphatic carbocycles. The highest BCUT2D eigenvalue weighted by molar-refractivity contribution is 5.25. The van der Waals surface area contributed by atoms with E-state index in [1.807, 2.05) is 0 Å². The van der Waals surface area contributed by atoms with Gasteiger partial charge in [0.1, 0.15) is 0 Å². The van der Waals surface area contributed by atoms with E-state index in [-0.39, 0.29) is 0 Å². The SMILES string of the molecule is CCc1ccc(C(CN2CC(C)CC2C)NC)cc1. The number of nitrogens with one attached hydrogen (secondary N) is 1. The fourth-order valence-corrected chi connectivity index (χ4v) is 3.22. The number of hydrogen-bond donors (Lipinski definition) is 1. The molecule has 1 saturated heterocycles. The first kappa shape index (κ1) is 14.5. The molecule has 2 nitrogen and oxygen atoms in total. The van der Waals surface area contributed by atoms with E-state index in [1.54, 1.807) is 0 Å². The van der Waals surface area contributed by atoms with Gasteiger partial charge in [0.25, 0.3) is 0 Å². The Morgan fingerprint density at radius 1 is 1.26 bits per heavy atom. The van der Waals surface area contributed by atoms with Crippen LogP contribution in [0.5, 0.6) is 0 Å². The summed E-state index contributed by atoms with van der Waals surface area (Å²) in [5.74, 6) is 0.843. The van der Waals surface area contributed by atoms with Gasteiger partial charge in [-0.15, -0.1) is 0 Å². The van der Waals surface area contributed by atoms with Crippen molar-refractivity contribution in [1.29, 1.82) is 0 Å². The highest BCUT2D eigenvalue weighted by Gasteiger charge is 2.27. The number of likely N-dealkylation sites (tertiary alicyclic amines) is 1. The molecule has 106 valence electrons. The van der Waals surface area contributed by atoms with E-state index in [2.05, 4.69) is 62.3 Å². The molecule has 1 aromatic rings. The zero-order valence-electron chi connectivity index (χ0n) is 12.8. The first-order chi connectivity index (χ1) is 9.13. The summed E-state index contributed by atoms with van der Waals surface area (Å²) in [6.45, 7) is 9.29. The van der Waals surface area contributed by atoms with Crippen LogP contribution in [0.2, 0.25) is 0 Å². The third-order valence-electron chi connectivity index (χ3n) is 4.47.